The average Bonchev–Trinajstić information content (AvgIpc) is 2.16. The first kappa shape index (κ1) is 12.9. The predicted molar refractivity (Wildman–Crippen MR) is 57.8 cm³/mol. The van der Waals surface area contributed by atoms with Crippen molar-refractivity contribution in [1.29, 1.82) is 0 Å². The Bertz CT molecular complexity index is 282. The van der Waals surface area contributed by atoms with E-state index in [-0.39, 0.29) is 12.5 Å². The summed E-state index contributed by atoms with van der Waals surface area (Å²) >= 11 is 0. The predicted octanol–water partition coefficient (Wildman–Crippen LogP) is -0.573. The Kier molecular flexibility index (Phi) is 4.26. The third-order valence-corrected chi connectivity index (χ3v) is 2.86. The number of carbonyl (C=O) groups is 2. The molecular weight excluding hydrogens is 210 g/mol. The smallest absolute Gasteiger partial charge is 0.263 e. The molecule has 2 amide bonds. The summed E-state index contributed by atoms with van der Waals surface area (Å²) in [5.41, 5.74) is 12.2. The standard InChI is InChI=1S/C10H19N3O3/c1-7-3-2-4-10(12,5-7)9(15)13-16-6-8(11)14/h7H,2-6,12H2,1H3,(H2,11,14)(H,13,15). The van der Waals surface area contributed by atoms with E-state index in [1.165, 1.54) is 0 Å². The number of rotatable bonds is 4. The fraction of sp³-hybridized carbons (Fsp3) is 0.800. The molecule has 1 saturated carbocycles. The van der Waals surface area contributed by atoms with Gasteiger partial charge in [-0.3, -0.25) is 14.4 Å². The van der Waals surface area contributed by atoms with Crippen molar-refractivity contribution in [3.05, 3.63) is 0 Å². The van der Waals surface area contributed by atoms with E-state index >= 15 is 0 Å². The maximum Gasteiger partial charge on any atom is 0.263 e. The van der Waals surface area contributed by atoms with Crippen LogP contribution in [0.5, 0.6) is 0 Å². The molecule has 1 rings (SSSR count). The molecule has 92 valence electrons. The summed E-state index contributed by atoms with van der Waals surface area (Å²) in [6.45, 7) is 1.73. The Morgan fingerprint density at radius 3 is 2.81 bits per heavy atom. The molecule has 6 nitrogen and oxygen atoms in total. The van der Waals surface area contributed by atoms with E-state index in [9.17, 15) is 9.59 Å². The molecule has 0 aromatic carbocycles. The number of primary amides is 1. The van der Waals surface area contributed by atoms with E-state index < -0.39 is 11.4 Å². The maximum atomic E-state index is 11.7. The zero-order valence-electron chi connectivity index (χ0n) is 9.49. The van der Waals surface area contributed by atoms with Crippen LogP contribution in [-0.2, 0) is 14.4 Å². The Labute approximate surface area is 94.6 Å². The molecule has 6 heteroatoms. The molecule has 0 aromatic rings. The van der Waals surface area contributed by atoms with E-state index in [1.54, 1.807) is 0 Å². The van der Waals surface area contributed by atoms with E-state index in [2.05, 4.69) is 17.2 Å². The van der Waals surface area contributed by atoms with Gasteiger partial charge in [-0.2, -0.15) is 0 Å². The van der Waals surface area contributed by atoms with Crippen molar-refractivity contribution in [1.82, 2.24) is 5.48 Å². The van der Waals surface area contributed by atoms with Crippen LogP contribution in [0.1, 0.15) is 32.6 Å². The highest BCUT2D eigenvalue weighted by molar-refractivity contribution is 5.85. The minimum Gasteiger partial charge on any atom is -0.368 e. The van der Waals surface area contributed by atoms with Gasteiger partial charge in [0.1, 0.15) is 0 Å². The van der Waals surface area contributed by atoms with Crippen LogP contribution >= 0.6 is 0 Å². The average molecular weight is 229 g/mol. The van der Waals surface area contributed by atoms with Gasteiger partial charge in [0, 0.05) is 0 Å². The first-order chi connectivity index (χ1) is 7.44. The highest BCUT2D eigenvalue weighted by Gasteiger charge is 2.38. The topological polar surface area (TPSA) is 107 Å². The summed E-state index contributed by atoms with van der Waals surface area (Å²) in [4.78, 5) is 26.8. The summed E-state index contributed by atoms with van der Waals surface area (Å²) in [5, 5.41) is 0. The number of hydrogen-bond donors (Lipinski definition) is 3. The fourth-order valence-corrected chi connectivity index (χ4v) is 2.07. The Hall–Kier alpha value is -1.14. The molecule has 1 aliphatic carbocycles. The lowest BCUT2D eigenvalue weighted by atomic mass is 9.77. The highest BCUT2D eigenvalue weighted by Crippen LogP contribution is 2.30. The van der Waals surface area contributed by atoms with Crippen molar-refractivity contribution in [3.8, 4) is 0 Å². The van der Waals surface area contributed by atoms with Gasteiger partial charge in [0.2, 0.25) is 5.91 Å². The van der Waals surface area contributed by atoms with Crippen LogP contribution in [0.2, 0.25) is 0 Å². The lowest BCUT2D eigenvalue weighted by Gasteiger charge is -2.34. The van der Waals surface area contributed by atoms with Gasteiger partial charge in [-0.1, -0.05) is 19.8 Å². The normalized spacial score (nSPS) is 29.8. The van der Waals surface area contributed by atoms with Crippen LogP contribution in [-0.4, -0.2) is 24.0 Å². The van der Waals surface area contributed by atoms with Gasteiger partial charge in [-0.05, 0) is 18.8 Å². The number of nitrogens with one attached hydrogen (secondary N) is 1. The molecule has 1 aliphatic rings. The van der Waals surface area contributed by atoms with Gasteiger partial charge < -0.3 is 11.5 Å². The zero-order chi connectivity index (χ0) is 12.2. The van der Waals surface area contributed by atoms with Crippen LogP contribution in [0.4, 0.5) is 0 Å². The lowest BCUT2D eigenvalue weighted by Crippen LogP contribution is -2.56. The van der Waals surface area contributed by atoms with E-state index in [1.807, 2.05) is 0 Å². The molecule has 0 heterocycles. The first-order valence-electron chi connectivity index (χ1n) is 5.43. The summed E-state index contributed by atoms with van der Waals surface area (Å²) < 4.78 is 0. The SMILES string of the molecule is CC1CCCC(N)(C(=O)NOCC(N)=O)C1. The number of nitrogens with two attached hydrogens (primary N) is 2. The first-order valence-corrected chi connectivity index (χ1v) is 5.43. The van der Waals surface area contributed by atoms with E-state index in [4.69, 9.17) is 11.5 Å². The second kappa shape index (κ2) is 5.27. The van der Waals surface area contributed by atoms with Crippen LogP contribution in [0.3, 0.4) is 0 Å². The number of carbonyl (C=O) groups excluding carboxylic acids is 2. The van der Waals surface area contributed by atoms with Crippen molar-refractivity contribution in [2.24, 2.45) is 17.4 Å². The summed E-state index contributed by atoms with van der Waals surface area (Å²) in [6.07, 6.45) is 3.30. The molecule has 16 heavy (non-hydrogen) atoms. The molecular formula is C10H19N3O3. The molecule has 0 spiro atoms. The number of hydroxylamine groups is 1. The molecule has 1 fully saturated rings. The highest BCUT2D eigenvalue weighted by atomic mass is 16.7. The number of hydrogen-bond acceptors (Lipinski definition) is 4. The van der Waals surface area contributed by atoms with Crippen molar-refractivity contribution in [2.75, 3.05) is 6.61 Å². The van der Waals surface area contributed by atoms with Crippen LogP contribution < -0.4 is 16.9 Å². The molecule has 2 unspecified atom stereocenters. The van der Waals surface area contributed by atoms with Gasteiger partial charge in [-0.25, -0.2) is 5.48 Å². The lowest BCUT2D eigenvalue weighted by molar-refractivity contribution is -0.143. The Balaban J connectivity index is 2.42. The van der Waals surface area contributed by atoms with Gasteiger partial charge in [0.05, 0.1) is 5.54 Å². The van der Waals surface area contributed by atoms with Crippen LogP contribution in [0.15, 0.2) is 0 Å². The number of amides is 2. The van der Waals surface area contributed by atoms with Crippen molar-refractivity contribution >= 4 is 11.8 Å². The molecule has 0 aliphatic heterocycles. The summed E-state index contributed by atoms with van der Waals surface area (Å²) in [7, 11) is 0. The molecule has 2 atom stereocenters. The quantitative estimate of drug-likeness (QED) is 0.561. The maximum absolute atomic E-state index is 11.7. The molecule has 0 aromatic heterocycles. The zero-order valence-corrected chi connectivity index (χ0v) is 9.49. The summed E-state index contributed by atoms with van der Waals surface area (Å²) in [5.74, 6) is -0.579. The van der Waals surface area contributed by atoms with Crippen molar-refractivity contribution in [3.63, 3.8) is 0 Å². The largest absolute Gasteiger partial charge is 0.368 e. The fourth-order valence-electron chi connectivity index (χ4n) is 2.07. The van der Waals surface area contributed by atoms with Gasteiger partial charge >= 0.3 is 0 Å². The van der Waals surface area contributed by atoms with Crippen molar-refractivity contribution < 1.29 is 14.4 Å². The minimum absolute atomic E-state index is 0.336. The Morgan fingerprint density at radius 1 is 1.56 bits per heavy atom. The van der Waals surface area contributed by atoms with Gasteiger partial charge in [-0.15, -0.1) is 0 Å². The van der Waals surface area contributed by atoms with Gasteiger partial charge in [0.15, 0.2) is 6.61 Å². The molecule has 0 saturated heterocycles. The van der Waals surface area contributed by atoms with Crippen LogP contribution in [0.25, 0.3) is 0 Å². The second-order valence-corrected chi connectivity index (χ2v) is 4.54. The molecule has 0 bridgehead atoms. The molecule has 5 N–H and O–H groups in total. The Morgan fingerprint density at radius 2 is 2.25 bits per heavy atom. The summed E-state index contributed by atoms with van der Waals surface area (Å²) in [6, 6.07) is 0. The third-order valence-electron chi connectivity index (χ3n) is 2.86. The minimum atomic E-state index is -0.880. The van der Waals surface area contributed by atoms with E-state index in [0.717, 1.165) is 12.8 Å². The van der Waals surface area contributed by atoms with E-state index in [0.29, 0.717) is 18.8 Å². The third kappa shape index (κ3) is 3.46. The molecule has 0 radical (unpaired) electrons. The van der Waals surface area contributed by atoms with Gasteiger partial charge in [0.25, 0.3) is 5.91 Å². The second-order valence-electron chi connectivity index (χ2n) is 4.54. The monoisotopic (exact) mass is 229 g/mol. The van der Waals surface area contributed by atoms with Crippen LogP contribution in [0, 0.1) is 5.92 Å². The van der Waals surface area contributed by atoms with Crippen molar-refractivity contribution in [2.45, 2.75) is 38.1 Å².